The Balaban J connectivity index is 2.43. The van der Waals surface area contributed by atoms with Crippen LogP contribution in [0.1, 0.15) is 33.1 Å². The summed E-state index contributed by atoms with van der Waals surface area (Å²) in [6, 6.07) is 0. The van der Waals surface area contributed by atoms with Gasteiger partial charge in [0, 0.05) is 13.2 Å². The maximum Gasteiger partial charge on any atom is 0.311 e. The standard InChI is InChI=1S/C11H19NO4/c1-3-11(2,10(14)15)7-12-9(13)8-5-4-6-16-8/h8H,3-7H2,1-2H3,(H,12,13)(H,14,15)/t8-,11?/m1/s1. The van der Waals surface area contributed by atoms with Gasteiger partial charge in [-0.2, -0.15) is 0 Å². The van der Waals surface area contributed by atoms with Gasteiger partial charge in [-0.05, 0) is 26.2 Å². The second-order valence-electron chi connectivity index (χ2n) is 4.44. The number of aliphatic carboxylic acids is 1. The summed E-state index contributed by atoms with van der Waals surface area (Å²) in [5, 5.41) is 11.7. The topological polar surface area (TPSA) is 75.6 Å². The van der Waals surface area contributed by atoms with Gasteiger partial charge >= 0.3 is 5.97 Å². The molecule has 0 aromatic heterocycles. The van der Waals surface area contributed by atoms with Crippen LogP contribution in [0.4, 0.5) is 0 Å². The van der Waals surface area contributed by atoms with Gasteiger partial charge in [0.25, 0.3) is 0 Å². The van der Waals surface area contributed by atoms with Crippen LogP contribution in [0.25, 0.3) is 0 Å². The van der Waals surface area contributed by atoms with E-state index in [1.807, 2.05) is 0 Å². The molecule has 0 radical (unpaired) electrons. The zero-order chi connectivity index (χ0) is 12.2. The SMILES string of the molecule is CCC(C)(CNC(=O)[C@H]1CCCO1)C(=O)O. The highest BCUT2D eigenvalue weighted by molar-refractivity contribution is 5.82. The molecular formula is C11H19NO4. The van der Waals surface area contributed by atoms with Crippen LogP contribution in [-0.2, 0) is 14.3 Å². The highest BCUT2D eigenvalue weighted by atomic mass is 16.5. The molecule has 0 aromatic rings. The summed E-state index contributed by atoms with van der Waals surface area (Å²) in [5.74, 6) is -1.08. The quantitative estimate of drug-likeness (QED) is 0.730. The molecule has 1 aliphatic heterocycles. The van der Waals surface area contributed by atoms with E-state index in [-0.39, 0.29) is 12.5 Å². The van der Waals surface area contributed by atoms with Crippen LogP contribution >= 0.6 is 0 Å². The molecule has 1 aliphatic rings. The zero-order valence-corrected chi connectivity index (χ0v) is 9.78. The van der Waals surface area contributed by atoms with Crippen LogP contribution in [0.2, 0.25) is 0 Å². The van der Waals surface area contributed by atoms with E-state index in [9.17, 15) is 9.59 Å². The lowest BCUT2D eigenvalue weighted by Gasteiger charge is -2.24. The number of carbonyl (C=O) groups is 2. The molecule has 0 aliphatic carbocycles. The van der Waals surface area contributed by atoms with Gasteiger partial charge in [0.2, 0.25) is 5.91 Å². The number of nitrogens with one attached hydrogen (secondary N) is 1. The van der Waals surface area contributed by atoms with Crippen molar-refractivity contribution in [2.75, 3.05) is 13.2 Å². The Morgan fingerprint density at radius 3 is 2.69 bits per heavy atom. The molecule has 92 valence electrons. The molecule has 0 saturated carbocycles. The number of hydrogen-bond acceptors (Lipinski definition) is 3. The van der Waals surface area contributed by atoms with Gasteiger partial charge in [-0.1, -0.05) is 6.92 Å². The largest absolute Gasteiger partial charge is 0.481 e. The molecule has 0 aromatic carbocycles. The molecule has 1 rings (SSSR count). The summed E-state index contributed by atoms with van der Waals surface area (Å²) in [6.45, 7) is 4.19. The fraction of sp³-hybridized carbons (Fsp3) is 0.818. The van der Waals surface area contributed by atoms with Crippen LogP contribution in [-0.4, -0.2) is 36.2 Å². The molecule has 1 amide bonds. The van der Waals surface area contributed by atoms with E-state index in [0.717, 1.165) is 12.8 Å². The van der Waals surface area contributed by atoms with Crippen molar-refractivity contribution in [1.82, 2.24) is 5.32 Å². The van der Waals surface area contributed by atoms with Crippen molar-refractivity contribution in [2.24, 2.45) is 5.41 Å². The maximum atomic E-state index is 11.6. The second-order valence-corrected chi connectivity index (χ2v) is 4.44. The maximum absolute atomic E-state index is 11.6. The number of carboxylic acid groups (broad SMARTS) is 1. The van der Waals surface area contributed by atoms with Gasteiger partial charge in [-0.25, -0.2) is 0 Å². The van der Waals surface area contributed by atoms with Crippen molar-refractivity contribution >= 4 is 11.9 Å². The van der Waals surface area contributed by atoms with Gasteiger partial charge in [0.05, 0.1) is 5.41 Å². The first-order valence-corrected chi connectivity index (χ1v) is 5.62. The predicted molar refractivity (Wildman–Crippen MR) is 58.0 cm³/mol. The van der Waals surface area contributed by atoms with Crippen molar-refractivity contribution in [2.45, 2.75) is 39.2 Å². The molecule has 1 heterocycles. The van der Waals surface area contributed by atoms with Crippen LogP contribution in [0.3, 0.4) is 0 Å². The third-order valence-corrected chi connectivity index (χ3v) is 3.17. The predicted octanol–water partition coefficient (Wildman–Crippen LogP) is 0.782. The molecular weight excluding hydrogens is 210 g/mol. The molecule has 1 saturated heterocycles. The summed E-state index contributed by atoms with van der Waals surface area (Å²) < 4.78 is 5.21. The van der Waals surface area contributed by atoms with Gasteiger partial charge in [-0.15, -0.1) is 0 Å². The van der Waals surface area contributed by atoms with Crippen LogP contribution in [0, 0.1) is 5.41 Å². The molecule has 16 heavy (non-hydrogen) atoms. The van der Waals surface area contributed by atoms with Crippen LogP contribution in [0.5, 0.6) is 0 Å². The van der Waals surface area contributed by atoms with Gasteiger partial charge in [0.15, 0.2) is 0 Å². The molecule has 5 nitrogen and oxygen atoms in total. The number of rotatable bonds is 5. The van der Waals surface area contributed by atoms with E-state index in [1.165, 1.54) is 0 Å². The molecule has 2 atom stereocenters. The lowest BCUT2D eigenvalue weighted by molar-refractivity contribution is -0.148. The molecule has 5 heteroatoms. The van der Waals surface area contributed by atoms with Crippen molar-refractivity contribution in [3.05, 3.63) is 0 Å². The first-order chi connectivity index (χ1) is 7.49. The number of hydrogen-bond donors (Lipinski definition) is 2. The lowest BCUT2D eigenvalue weighted by atomic mass is 9.87. The van der Waals surface area contributed by atoms with E-state index in [0.29, 0.717) is 13.0 Å². The fourth-order valence-electron chi connectivity index (χ4n) is 1.53. The fourth-order valence-corrected chi connectivity index (χ4v) is 1.53. The molecule has 2 N–H and O–H groups in total. The summed E-state index contributed by atoms with van der Waals surface area (Å²) >= 11 is 0. The van der Waals surface area contributed by atoms with E-state index >= 15 is 0 Å². The highest BCUT2D eigenvalue weighted by Gasteiger charge is 2.33. The average Bonchev–Trinajstić information content (AvgIpc) is 2.78. The number of amides is 1. The van der Waals surface area contributed by atoms with Crippen LogP contribution < -0.4 is 5.32 Å². The highest BCUT2D eigenvalue weighted by Crippen LogP contribution is 2.20. The number of carboxylic acids is 1. The Labute approximate surface area is 95.2 Å². The second kappa shape index (κ2) is 5.30. The minimum Gasteiger partial charge on any atom is -0.481 e. The zero-order valence-electron chi connectivity index (χ0n) is 9.78. The number of ether oxygens (including phenoxy) is 1. The summed E-state index contributed by atoms with van der Waals surface area (Å²) in [7, 11) is 0. The van der Waals surface area contributed by atoms with Crippen molar-refractivity contribution in [1.29, 1.82) is 0 Å². The van der Waals surface area contributed by atoms with Crippen LogP contribution in [0.15, 0.2) is 0 Å². The van der Waals surface area contributed by atoms with E-state index in [1.54, 1.807) is 13.8 Å². The molecule has 0 spiro atoms. The van der Waals surface area contributed by atoms with E-state index in [2.05, 4.69) is 5.32 Å². The minimum absolute atomic E-state index is 0.150. The Hall–Kier alpha value is -1.10. The van der Waals surface area contributed by atoms with Crippen molar-refractivity contribution in [3.63, 3.8) is 0 Å². The Morgan fingerprint density at radius 2 is 2.25 bits per heavy atom. The normalized spacial score (nSPS) is 23.8. The smallest absolute Gasteiger partial charge is 0.311 e. The first kappa shape index (κ1) is 13.0. The third kappa shape index (κ3) is 2.95. The summed E-state index contributed by atoms with van der Waals surface area (Å²) in [5.41, 5.74) is -0.895. The Kier molecular flexibility index (Phi) is 4.29. The third-order valence-electron chi connectivity index (χ3n) is 3.17. The summed E-state index contributed by atoms with van der Waals surface area (Å²) in [4.78, 5) is 22.6. The average molecular weight is 229 g/mol. The Morgan fingerprint density at radius 1 is 1.56 bits per heavy atom. The number of carbonyl (C=O) groups excluding carboxylic acids is 1. The monoisotopic (exact) mass is 229 g/mol. The van der Waals surface area contributed by atoms with E-state index < -0.39 is 17.5 Å². The Bertz CT molecular complexity index is 273. The molecule has 0 bridgehead atoms. The minimum atomic E-state index is -0.895. The van der Waals surface area contributed by atoms with Crippen molar-refractivity contribution < 1.29 is 19.4 Å². The summed E-state index contributed by atoms with van der Waals surface area (Å²) in [6.07, 6.45) is 1.70. The lowest BCUT2D eigenvalue weighted by Crippen LogP contribution is -2.44. The van der Waals surface area contributed by atoms with Gasteiger partial charge < -0.3 is 15.2 Å². The van der Waals surface area contributed by atoms with Crippen molar-refractivity contribution in [3.8, 4) is 0 Å². The van der Waals surface area contributed by atoms with E-state index in [4.69, 9.17) is 9.84 Å². The van der Waals surface area contributed by atoms with Gasteiger partial charge in [0.1, 0.15) is 6.10 Å². The molecule has 1 fully saturated rings. The molecule has 1 unspecified atom stereocenters. The van der Waals surface area contributed by atoms with Gasteiger partial charge in [-0.3, -0.25) is 9.59 Å². The first-order valence-electron chi connectivity index (χ1n) is 5.62.